The predicted molar refractivity (Wildman–Crippen MR) is 87.6 cm³/mol. The van der Waals surface area contributed by atoms with Crippen molar-refractivity contribution in [3.8, 4) is 0 Å². The molecule has 0 amide bonds. The van der Waals surface area contributed by atoms with Gasteiger partial charge in [0.1, 0.15) is 0 Å². The molecule has 0 spiro atoms. The Kier molecular flexibility index (Phi) is 4.57. The molecule has 1 aliphatic carbocycles. The van der Waals surface area contributed by atoms with E-state index in [1.807, 2.05) is 24.3 Å². The summed E-state index contributed by atoms with van der Waals surface area (Å²) in [6.07, 6.45) is -0.801. The Balaban J connectivity index is 1.77. The first-order valence-corrected chi connectivity index (χ1v) is 7.85. The van der Waals surface area contributed by atoms with Gasteiger partial charge < -0.3 is 15.5 Å². The van der Waals surface area contributed by atoms with E-state index in [4.69, 9.17) is 0 Å². The van der Waals surface area contributed by atoms with Gasteiger partial charge in [0.2, 0.25) is 0 Å². The van der Waals surface area contributed by atoms with E-state index >= 15 is 0 Å². The third kappa shape index (κ3) is 3.22. The molecule has 1 saturated carbocycles. The Morgan fingerprint density at radius 3 is 2.55 bits per heavy atom. The molecule has 116 valence electrons. The zero-order chi connectivity index (χ0) is 15.5. The third-order valence-electron chi connectivity index (χ3n) is 4.55. The topological polar surface area (TPSA) is 52.5 Å². The van der Waals surface area contributed by atoms with E-state index in [1.54, 1.807) is 0 Å². The molecule has 1 aliphatic rings. The molecule has 3 nitrogen and oxygen atoms in total. The lowest BCUT2D eigenvalue weighted by Crippen LogP contribution is -2.41. The minimum atomic E-state index is -0.728. The first-order chi connectivity index (χ1) is 10.6. The molecule has 0 aromatic heterocycles. The molecule has 2 aromatic rings. The largest absolute Gasteiger partial charge is 0.390 e. The lowest BCUT2D eigenvalue weighted by atomic mass is 9.92. The number of rotatable bonds is 4. The second-order valence-corrected chi connectivity index (χ2v) is 6.21. The van der Waals surface area contributed by atoms with Crippen molar-refractivity contribution in [1.82, 2.24) is 5.32 Å². The highest BCUT2D eigenvalue weighted by atomic mass is 16.3. The zero-order valence-electron chi connectivity index (χ0n) is 12.8. The summed E-state index contributed by atoms with van der Waals surface area (Å²) in [6, 6.07) is 18.3. The summed E-state index contributed by atoms with van der Waals surface area (Å²) in [5, 5.41) is 23.8. The summed E-state index contributed by atoms with van der Waals surface area (Å²) in [5.74, 6) is 0.133. The molecule has 3 N–H and O–H groups in total. The van der Waals surface area contributed by atoms with Crippen molar-refractivity contribution in [1.29, 1.82) is 0 Å². The second-order valence-electron chi connectivity index (χ2n) is 6.21. The van der Waals surface area contributed by atoms with Crippen LogP contribution >= 0.6 is 0 Å². The van der Waals surface area contributed by atoms with Gasteiger partial charge in [-0.05, 0) is 24.5 Å². The fraction of sp³-hybridized carbons (Fsp3) is 0.368. The lowest BCUT2D eigenvalue weighted by Gasteiger charge is -2.24. The number of hydrogen-bond donors (Lipinski definition) is 3. The monoisotopic (exact) mass is 297 g/mol. The first-order valence-electron chi connectivity index (χ1n) is 7.85. The third-order valence-corrected chi connectivity index (χ3v) is 4.55. The maximum Gasteiger partial charge on any atom is 0.0957 e. The summed E-state index contributed by atoms with van der Waals surface area (Å²) in [5.41, 5.74) is 3.57. The van der Waals surface area contributed by atoms with Gasteiger partial charge >= 0.3 is 0 Å². The van der Waals surface area contributed by atoms with E-state index < -0.39 is 12.2 Å². The fourth-order valence-corrected chi connectivity index (χ4v) is 3.36. The highest BCUT2D eigenvalue weighted by Crippen LogP contribution is 2.35. The van der Waals surface area contributed by atoms with E-state index in [2.05, 4.69) is 42.6 Å². The molecule has 0 saturated heterocycles. The molecule has 2 aromatic carbocycles. The second kappa shape index (κ2) is 6.61. The normalized spacial score (nSPS) is 28.0. The summed E-state index contributed by atoms with van der Waals surface area (Å²) < 4.78 is 0. The van der Waals surface area contributed by atoms with Crippen LogP contribution in [0.25, 0.3) is 0 Å². The van der Waals surface area contributed by atoms with E-state index in [0.29, 0.717) is 13.0 Å². The summed E-state index contributed by atoms with van der Waals surface area (Å²) in [4.78, 5) is 0. The number of aryl methyl sites for hydroxylation is 1. The van der Waals surface area contributed by atoms with Crippen LogP contribution in [-0.4, -0.2) is 28.5 Å². The molecule has 0 radical (unpaired) electrons. The van der Waals surface area contributed by atoms with Crippen LogP contribution in [0.5, 0.6) is 0 Å². The van der Waals surface area contributed by atoms with E-state index in [9.17, 15) is 10.2 Å². The van der Waals surface area contributed by atoms with E-state index in [-0.39, 0.29) is 12.0 Å². The highest BCUT2D eigenvalue weighted by molar-refractivity contribution is 5.29. The molecule has 1 fully saturated rings. The number of aliphatic hydroxyl groups excluding tert-OH is 2. The van der Waals surface area contributed by atoms with Crippen LogP contribution in [0.4, 0.5) is 0 Å². The van der Waals surface area contributed by atoms with Gasteiger partial charge in [0.15, 0.2) is 0 Å². The Morgan fingerprint density at radius 1 is 1.05 bits per heavy atom. The molecule has 0 aliphatic heterocycles. The van der Waals surface area contributed by atoms with E-state index in [1.165, 1.54) is 16.7 Å². The Labute approximate surface area is 131 Å². The van der Waals surface area contributed by atoms with Crippen LogP contribution in [0.2, 0.25) is 0 Å². The quantitative estimate of drug-likeness (QED) is 0.812. The predicted octanol–water partition coefficient (Wildman–Crippen LogP) is 2.36. The Morgan fingerprint density at radius 2 is 1.82 bits per heavy atom. The summed E-state index contributed by atoms with van der Waals surface area (Å²) >= 11 is 0. The van der Waals surface area contributed by atoms with Gasteiger partial charge in [-0.25, -0.2) is 0 Å². The molecule has 3 heteroatoms. The number of nitrogens with one attached hydrogen (secondary N) is 1. The molecular weight excluding hydrogens is 274 g/mol. The summed E-state index contributed by atoms with van der Waals surface area (Å²) in [7, 11) is 0. The smallest absolute Gasteiger partial charge is 0.0957 e. The van der Waals surface area contributed by atoms with Gasteiger partial charge in [0.25, 0.3) is 0 Å². The van der Waals surface area contributed by atoms with Gasteiger partial charge in [-0.15, -0.1) is 0 Å². The SMILES string of the molecule is Cc1cccc(C2CC(O)C(O)C2NCc2ccccc2)c1. The highest BCUT2D eigenvalue weighted by Gasteiger charge is 2.41. The lowest BCUT2D eigenvalue weighted by molar-refractivity contribution is 0.0297. The van der Waals surface area contributed by atoms with E-state index in [0.717, 1.165) is 0 Å². The van der Waals surface area contributed by atoms with Crippen LogP contribution < -0.4 is 5.32 Å². The Hall–Kier alpha value is -1.68. The Bertz CT molecular complexity index is 614. The molecule has 0 bridgehead atoms. The van der Waals surface area contributed by atoms with Crippen molar-refractivity contribution in [3.63, 3.8) is 0 Å². The van der Waals surface area contributed by atoms with Gasteiger partial charge in [-0.1, -0.05) is 60.2 Å². The fourth-order valence-electron chi connectivity index (χ4n) is 3.36. The molecule has 4 unspecified atom stereocenters. The average molecular weight is 297 g/mol. The van der Waals surface area contributed by atoms with Crippen molar-refractivity contribution < 1.29 is 10.2 Å². The van der Waals surface area contributed by atoms with Crippen LogP contribution in [0, 0.1) is 6.92 Å². The number of aliphatic hydroxyl groups is 2. The van der Waals surface area contributed by atoms with Crippen LogP contribution in [0.1, 0.15) is 29.0 Å². The minimum absolute atomic E-state index is 0.128. The molecular formula is C19H23NO2. The van der Waals surface area contributed by atoms with Gasteiger partial charge in [0.05, 0.1) is 12.2 Å². The van der Waals surface area contributed by atoms with Gasteiger partial charge in [0, 0.05) is 18.5 Å². The number of hydrogen-bond acceptors (Lipinski definition) is 3. The van der Waals surface area contributed by atoms with Crippen LogP contribution in [-0.2, 0) is 6.54 Å². The average Bonchev–Trinajstić information content (AvgIpc) is 2.82. The minimum Gasteiger partial charge on any atom is -0.390 e. The van der Waals surface area contributed by atoms with Crippen molar-refractivity contribution in [3.05, 3.63) is 71.3 Å². The maximum atomic E-state index is 10.3. The zero-order valence-corrected chi connectivity index (χ0v) is 12.8. The first kappa shape index (κ1) is 15.2. The maximum absolute atomic E-state index is 10.3. The van der Waals surface area contributed by atoms with Gasteiger partial charge in [-0.3, -0.25) is 0 Å². The van der Waals surface area contributed by atoms with Crippen molar-refractivity contribution in [2.45, 2.75) is 44.1 Å². The van der Waals surface area contributed by atoms with Crippen molar-refractivity contribution in [2.24, 2.45) is 0 Å². The molecule has 4 atom stereocenters. The molecule has 3 rings (SSSR count). The van der Waals surface area contributed by atoms with Crippen molar-refractivity contribution in [2.75, 3.05) is 0 Å². The summed E-state index contributed by atoms with van der Waals surface area (Å²) in [6.45, 7) is 2.76. The van der Waals surface area contributed by atoms with Crippen LogP contribution in [0.3, 0.4) is 0 Å². The van der Waals surface area contributed by atoms with Crippen LogP contribution in [0.15, 0.2) is 54.6 Å². The molecule has 0 heterocycles. The number of benzene rings is 2. The molecule has 22 heavy (non-hydrogen) atoms. The van der Waals surface area contributed by atoms with Crippen molar-refractivity contribution >= 4 is 0 Å². The standard InChI is InChI=1S/C19H23NO2/c1-13-6-5-9-15(10-13)16-11-17(21)19(22)18(16)20-12-14-7-3-2-4-8-14/h2-10,16-22H,11-12H2,1H3. The van der Waals surface area contributed by atoms with Gasteiger partial charge in [-0.2, -0.15) is 0 Å².